The molecule has 0 N–H and O–H groups in total. The Morgan fingerprint density at radius 1 is 1.28 bits per heavy atom. The molecule has 0 aliphatic rings. The van der Waals surface area contributed by atoms with Gasteiger partial charge in [0.1, 0.15) is 5.82 Å². The Labute approximate surface area is 106 Å². The summed E-state index contributed by atoms with van der Waals surface area (Å²) in [7, 11) is -1.35. The fraction of sp³-hybridized carbons (Fsp3) is 0.385. The van der Waals surface area contributed by atoms with Crippen molar-refractivity contribution in [2.24, 2.45) is 7.05 Å². The Morgan fingerprint density at radius 3 is 2.56 bits per heavy atom. The first-order valence-corrected chi connectivity index (χ1v) is 7.48. The first-order valence-electron chi connectivity index (χ1n) is 5.76. The molecule has 5 heteroatoms. The average Bonchev–Trinajstić information content (AvgIpc) is 2.54. The van der Waals surface area contributed by atoms with E-state index in [0.717, 1.165) is 10.9 Å². The standard InChI is InChI=1S/C13H16FNO2S/c1-9(2)18(16,17)8-12-7-10-6-11(14)4-5-13(10)15(12)3/h4-7,9H,8H2,1-3H3. The third-order valence-electron chi connectivity index (χ3n) is 3.17. The van der Waals surface area contributed by atoms with Crippen LogP contribution in [0.2, 0.25) is 0 Å². The maximum absolute atomic E-state index is 13.1. The smallest absolute Gasteiger partial charge is 0.158 e. The minimum absolute atomic E-state index is 0.0164. The van der Waals surface area contributed by atoms with Gasteiger partial charge in [0.25, 0.3) is 0 Å². The third kappa shape index (κ3) is 2.27. The van der Waals surface area contributed by atoms with Crippen molar-refractivity contribution in [2.75, 3.05) is 0 Å². The lowest BCUT2D eigenvalue weighted by atomic mass is 10.2. The quantitative estimate of drug-likeness (QED) is 0.859. The van der Waals surface area contributed by atoms with Gasteiger partial charge in [-0.25, -0.2) is 12.8 Å². The number of sulfone groups is 1. The number of rotatable bonds is 3. The Balaban J connectivity index is 2.50. The summed E-state index contributed by atoms with van der Waals surface area (Å²) in [5.74, 6) is -0.330. The zero-order valence-electron chi connectivity index (χ0n) is 10.6. The number of fused-ring (bicyclic) bond motifs is 1. The van der Waals surface area contributed by atoms with Crippen LogP contribution in [0.3, 0.4) is 0 Å². The second-order valence-electron chi connectivity index (χ2n) is 4.75. The average molecular weight is 269 g/mol. The maximum atomic E-state index is 13.1. The number of aryl methyl sites for hydroxylation is 1. The monoisotopic (exact) mass is 269 g/mol. The van der Waals surface area contributed by atoms with E-state index in [-0.39, 0.29) is 11.6 Å². The second-order valence-corrected chi connectivity index (χ2v) is 7.31. The van der Waals surface area contributed by atoms with E-state index in [9.17, 15) is 12.8 Å². The summed E-state index contributed by atoms with van der Waals surface area (Å²) in [6, 6.07) is 6.19. The minimum atomic E-state index is -3.15. The summed E-state index contributed by atoms with van der Waals surface area (Å²) in [5, 5.41) is 0.318. The van der Waals surface area contributed by atoms with Crippen LogP contribution in [-0.2, 0) is 22.6 Å². The molecule has 0 aliphatic heterocycles. The van der Waals surface area contributed by atoms with Crippen molar-refractivity contribution in [1.29, 1.82) is 0 Å². The highest BCUT2D eigenvalue weighted by atomic mass is 32.2. The van der Waals surface area contributed by atoms with Crippen LogP contribution in [0, 0.1) is 5.82 Å². The summed E-state index contributed by atoms with van der Waals surface area (Å²) >= 11 is 0. The van der Waals surface area contributed by atoms with Gasteiger partial charge in [0.15, 0.2) is 9.84 Å². The van der Waals surface area contributed by atoms with E-state index in [4.69, 9.17) is 0 Å². The van der Waals surface area contributed by atoms with Crippen LogP contribution in [0.15, 0.2) is 24.3 Å². The Hall–Kier alpha value is -1.36. The van der Waals surface area contributed by atoms with Crippen LogP contribution in [-0.4, -0.2) is 18.2 Å². The maximum Gasteiger partial charge on any atom is 0.158 e. The lowest BCUT2D eigenvalue weighted by Crippen LogP contribution is -2.17. The van der Waals surface area contributed by atoms with Crippen LogP contribution in [0.5, 0.6) is 0 Å². The summed E-state index contributed by atoms with van der Waals surface area (Å²) in [6.45, 7) is 3.33. The van der Waals surface area contributed by atoms with Crippen LogP contribution < -0.4 is 0 Å². The molecule has 1 aromatic heterocycles. The van der Waals surface area contributed by atoms with E-state index in [0.29, 0.717) is 5.69 Å². The molecular weight excluding hydrogens is 253 g/mol. The number of halogens is 1. The molecule has 0 saturated heterocycles. The van der Waals surface area contributed by atoms with Crippen LogP contribution in [0.4, 0.5) is 4.39 Å². The molecule has 3 nitrogen and oxygen atoms in total. The Morgan fingerprint density at radius 2 is 1.94 bits per heavy atom. The molecule has 2 rings (SSSR count). The Kier molecular flexibility index (Phi) is 3.19. The minimum Gasteiger partial charge on any atom is -0.347 e. The molecule has 0 atom stereocenters. The van der Waals surface area contributed by atoms with Gasteiger partial charge in [-0.05, 0) is 38.1 Å². The molecule has 0 saturated carbocycles. The molecule has 2 aromatic rings. The van der Waals surface area contributed by atoms with E-state index in [2.05, 4.69) is 0 Å². The van der Waals surface area contributed by atoms with Gasteiger partial charge in [-0.2, -0.15) is 0 Å². The lowest BCUT2D eigenvalue weighted by molar-refractivity contribution is 0.585. The van der Waals surface area contributed by atoms with Gasteiger partial charge in [-0.3, -0.25) is 0 Å². The largest absolute Gasteiger partial charge is 0.347 e. The topological polar surface area (TPSA) is 39.1 Å². The number of nitrogens with zero attached hydrogens (tertiary/aromatic N) is 1. The zero-order valence-corrected chi connectivity index (χ0v) is 11.5. The predicted molar refractivity (Wildman–Crippen MR) is 70.6 cm³/mol. The van der Waals surface area contributed by atoms with Gasteiger partial charge in [-0.15, -0.1) is 0 Å². The number of hydrogen-bond acceptors (Lipinski definition) is 2. The Bertz CT molecular complexity index is 686. The van der Waals surface area contributed by atoms with Crippen molar-refractivity contribution >= 4 is 20.7 Å². The molecule has 98 valence electrons. The van der Waals surface area contributed by atoms with Crippen LogP contribution in [0.1, 0.15) is 19.5 Å². The molecule has 0 radical (unpaired) electrons. The fourth-order valence-corrected chi connectivity index (χ4v) is 2.91. The van der Waals surface area contributed by atoms with E-state index >= 15 is 0 Å². The summed E-state index contributed by atoms with van der Waals surface area (Å²) < 4.78 is 38.7. The van der Waals surface area contributed by atoms with E-state index in [1.807, 2.05) is 0 Å². The van der Waals surface area contributed by atoms with E-state index < -0.39 is 15.1 Å². The molecule has 0 bridgehead atoms. The van der Waals surface area contributed by atoms with E-state index in [1.54, 1.807) is 37.6 Å². The zero-order chi connectivity index (χ0) is 13.5. The number of hydrogen-bond donors (Lipinski definition) is 0. The molecule has 0 amide bonds. The van der Waals surface area contributed by atoms with E-state index in [1.165, 1.54) is 12.1 Å². The molecule has 1 heterocycles. The molecule has 0 aliphatic carbocycles. The first kappa shape index (κ1) is 13.1. The van der Waals surface area contributed by atoms with Crippen molar-refractivity contribution in [3.63, 3.8) is 0 Å². The first-order chi connectivity index (χ1) is 8.31. The SMILES string of the molecule is CC(C)S(=O)(=O)Cc1cc2cc(F)ccc2n1C. The van der Waals surface area contributed by atoms with Gasteiger partial charge in [-0.1, -0.05) is 0 Å². The predicted octanol–water partition coefficient (Wildman–Crippen LogP) is 2.64. The van der Waals surface area contributed by atoms with Gasteiger partial charge >= 0.3 is 0 Å². The normalized spacial score (nSPS) is 12.5. The van der Waals surface area contributed by atoms with Crippen LogP contribution >= 0.6 is 0 Å². The lowest BCUT2D eigenvalue weighted by Gasteiger charge is -2.08. The highest BCUT2D eigenvalue weighted by Crippen LogP contribution is 2.22. The third-order valence-corrected chi connectivity index (χ3v) is 5.31. The molecule has 0 spiro atoms. The van der Waals surface area contributed by atoms with Gasteiger partial charge in [0, 0.05) is 23.6 Å². The second kappa shape index (κ2) is 4.39. The van der Waals surface area contributed by atoms with Gasteiger partial charge in [0.05, 0.1) is 11.0 Å². The molecule has 0 unspecified atom stereocenters. The van der Waals surface area contributed by atoms with Crippen molar-refractivity contribution < 1.29 is 12.8 Å². The fourth-order valence-electron chi connectivity index (χ4n) is 1.89. The highest BCUT2D eigenvalue weighted by molar-refractivity contribution is 7.91. The highest BCUT2D eigenvalue weighted by Gasteiger charge is 2.19. The molecule has 18 heavy (non-hydrogen) atoms. The summed E-state index contributed by atoms with van der Waals surface area (Å²) in [6.07, 6.45) is 0. The summed E-state index contributed by atoms with van der Waals surface area (Å²) in [5.41, 5.74) is 1.52. The van der Waals surface area contributed by atoms with Crippen molar-refractivity contribution in [3.05, 3.63) is 35.8 Å². The van der Waals surface area contributed by atoms with Gasteiger partial charge < -0.3 is 4.57 Å². The van der Waals surface area contributed by atoms with Crippen molar-refractivity contribution in [3.8, 4) is 0 Å². The number of aromatic nitrogens is 1. The molecule has 0 fully saturated rings. The molecule has 1 aromatic carbocycles. The summed E-state index contributed by atoms with van der Waals surface area (Å²) in [4.78, 5) is 0. The molecular formula is C13H16FNO2S. The van der Waals surface area contributed by atoms with Crippen LogP contribution in [0.25, 0.3) is 10.9 Å². The van der Waals surface area contributed by atoms with Gasteiger partial charge in [0.2, 0.25) is 0 Å². The number of benzene rings is 1. The van der Waals surface area contributed by atoms with Crippen molar-refractivity contribution in [1.82, 2.24) is 4.57 Å². The van der Waals surface area contributed by atoms with Crippen molar-refractivity contribution in [2.45, 2.75) is 24.9 Å².